The van der Waals surface area contributed by atoms with Gasteiger partial charge in [0.05, 0.1) is 15.6 Å². The van der Waals surface area contributed by atoms with Gasteiger partial charge >= 0.3 is 0 Å². The number of amides is 1. The zero-order chi connectivity index (χ0) is 13.6. The Morgan fingerprint density at radius 3 is 2.42 bits per heavy atom. The van der Waals surface area contributed by atoms with Gasteiger partial charge in [0.25, 0.3) is 5.91 Å². The predicted molar refractivity (Wildman–Crippen MR) is 78.3 cm³/mol. The van der Waals surface area contributed by atoms with Crippen molar-refractivity contribution in [3.8, 4) is 0 Å². The minimum absolute atomic E-state index is 0.0106. The lowest BCUT2D eigenvalue weighted by atomic mass is 10.0. The van der Waals surface area contributed by atoms with E-state index >= 15 is 0 Å². The van der Waals surface area contributed by atoms with Crippen LogP contribution in [0.25, 0.3) is 0 Å². The summed E-state index contributed by atoms with van der Waals surface area (Å²) >= 11 is 18.4. The summed E-state index contributed by atoms with van der Waals surface area (Å²) in [6.45, 7) is 0. The smallest absolute Gasteiger partial charge is 0.255 e. The highest BCUT2D eigenvalue weighted by atomic mass is 35.5. The minimum atomic E-state index is -0.0106. The Balaban J connectivity index is 1.91. The molecule has 2 atom stereocenters. The summed E-state index contributed by atoms with van der Waals surface area (Å²) in [5.74, 6) is -0.0106. The fourth-order valence-electron chi connectivity index (χ4n) is 3.25. The standard InChI is InChI=1S/C14H14Cl3NO/c15-8-6-9-4-5-10(7-8)18(9)14(19)11-2-1-3-12(16)13(11)17/h1-3,8-10H,4-7H2. The maximum absolute atomic E-state index is 12.7. The van der Waals surface area contributed by atoms with Gasteiger partial charge in [-0.1, -0.05) is 29.3 Å². The molecule has 0 radical (unpaired) electrons. The average Bonchev–Trinajstić information content (AvgIpc) is 2.64. The molecule has 0 spiro atoms. The lowest BCUT2D eigenvalue weighted by Crippen LogP contribution is -2.47. The van der Waals surface area contributed by atoms with E-state index in [0.29, 0.717) is 15.6 Å². The number of piperidine rings is 1. The van der Waals surface area contributed by atoms with E-state index in [1.807, 2.05) is 4.90 Å². The molecule has 2 aliphatic heterocycles. The number of carbonyl (C=O) groups is 1. The topological polar surface area (TPSA) is 20.3 Å². The molecule has 2 bridgehead atoms. The van der Waals surface area contributed by atoms with Gasteiger partial charge < -0.3 is 4.90 Å². The molecule has 1 amide bonds. The van der Waals surface area contributed by atoms with Gasteiger partial charge in [0.2, 0.25) is 0 Å². The Hall–Kier alpha value is -0.440. The van der Waals surface area contributed by atoms with E-state index < -0.39 is 0 Å². The van der Waals surface area contributed by atoms with Gasteiger partial charge in [-0.3, -0.25) is 4.79 Å². The highest BCUT2D eigenvalue weighted by molar-refractivity contribution is 6.43. The number of hydrogen-bond acceptors (Lipinski definition) is 1. The second-order valence-corrected chi connectivity index (χ2v) is 6.67. The molecule has 0 aromatic heterocycles. The normalized spacial score (nSPS) is 29.6. The molecule has 2 heterocycles. The molecule has 2 aliphatic rings. The molecule has 2 saturated heterocycles. The first-order valence-electron chi connectivity index (χ1n) is 6.48. The van der Waals surface area contributed by atoms with Crippen molar-refractivity contribution in [3.63, 3.8) is 0 Å². The van der Waals surface area contributed by atoms with Crippen molar-refractivity contribution >= 4 is 40.7 Å². The number of alkyl halides is 1. The quantitative estimate of drug-likeness (QED) is 0.704. The van der Waals surface area contributed by atoms with Crippen LogP contribution in [0.5, 0.6) is 0 Å². The predicted octanol–water partition coefficient (Wildman–Crippen LogP) is 4.37. The zero-order valence-corrected chi connectivity index (χ0v) is 12.5. The van der Waals surface area contributed by atoms with Crippen LogP contribution in [0.4, 0.5) is 0 Å². The van der Waals surface area contributed by atoms with Crippen LogP contribution in [-0.4, -0.2) is 28.3 Å². The van der Waals surface area contributed by atoms with Crippen LogP contribution in [0.2, 0.25) is 10.0 Å². The molecule has 0 N–H and O–H groups in total. The molecule has 3 rings (SSSR count). The van der Waals surface area contributed by atoms with Crippen molar-refractivity contribution in [1.29, 1.82) is 0 Å². The van der Waals surface area contributed by atoms with Gasteiger partial charge in [0.1, 0.15) is 0 Å². The second-order valence-electron chi connectivity index (χ2n) is 5.27. The molecule has 2 fully saturated rings. The summed E-state index contributed by atoms with van der Waals surface area (Å²) in [6, 6.07) is 5.70. The van der Waals surface area contributed by atoms with E-state index in [4.69, 9.17) is 34.8 Å². The molecule has 2 unspecified atom stereocenters. The van der Waals surface area contributed by atoms with Gasteiger partial charge in [-0.15, -0.1) is 11.6 Å². The van der Waals surface area contributed by atoms with Crippen LogP contribution in [0.1, 0.15) is 36.0 Å². The molecule has 102 valence electrons. The van der Waals surface area contributed by atoms with E-state index in [2.05, 4.69) is 0 Å². The van der Waals surface area contributed by atoms with Crippen molar-refractivity contribution in [1.82, 2.24) is 4.90 Å². The van der Waals surface area contributed by atoms with Gasteiger partial charge in [-0.05, 0) is 37.8 Å². The summed E-state index contributed by atoms with van der Waals surface area (Å²) in [5.41, 5.74) is 0.499. The van der Waals surface area contributed by atoms with Crippen molar-refractivity contribution < 1.29 is 4.79 Å². The Morgan fingerprint density at radius 2 is 1.79 bits per heavy atom. The van der Waals surface area contributed by atoms with Gasteiger partial charge in [-0.2, -0.15) is 0 Å². The van der Waals surface area contributed by atoms with E-state index in [0.717, 1.165) is 25.7 Å². The number of rotatable bonds is 1. The second kappa shape index (κ2) is 5.16. The fraction of sp³-hybridized carbons (Fsp3) is 0.500. The first-order valence-corrected chi connectivity index (χ1v) is 7.68. The third-order valence-corrected chi connectivity index (χ3v) is 5.27. The van der Waals surface area contributed by atoms with Gasteiger partial charge in [0.15, 0.2) is 0 Å². The maximum Gasteiger partial charge on any atom is 0.255 e. The molecule has 1 aromatic carbocycles. The Morgan fingerprint density at radius 1 is 1.16 bits per heavy atom. The largest absolute Gasteiger partial charge is 0.333 e. The van der Waals surface area contributed by atoms with E-state index in [1.165, 1.54) is 0 Å². The Labute approximate surface area is 127 Å². The van der Waals surface area contributed by atoms with Crippen molar-refractivity contribution in [2.24, 2.45) is 0 Å². The van der Waals surface area contributed by atoms with Gasteiger partial charge in [-0.25, -0.2) is 0 Å². The van der Waals surface area contributed by atoms with Crippen LogP contribution in [0, 0.1) is 0 Å². The molecule has 19 heavy (non-hydrogen) atoms. The highest BCUT2D eigenvalue weighted by Gasteiger charge is 2.43. The third-order valence-electron chi connectivity index (χ3n) is 4.09. The number of fused-ring (bicyclic) bond motifs is 2. The molecule has 5 heteroatoms. The molecule has 0 saturated carbocycles. The summed E-state index contributed by atoms with van der Waals surface area (Å²) in [6.07, 6.45) is 3.83. The zero-order valence-electron chi connectivity index (χ0n) is 10.3. The monoisotopic (exact) mass is 317 g/mol. The Bertz CT molecular complexity index is 505. The van der Waals surface area contributed by atoms with Crippen molar-refractivity contribution in [2.75, 3.05) is 0 Å². The molecule has 0 aliphatic carbocycles. The first kappa shape index (κ1) is 13.5. The molecule has 2 nitrogen and oxygen atoms in total. The van der Waals surface area contributed by atoms with E-state index in [1.54, 1.807) is 18.2 Å². The summed E-state index contributed by atoms with van der Waals surface area (Å²) in [5, 5.41) is 0.963. The maximum atomic E-state index is 12.7. The fourth-order valence-corrected chi connectivity index (χ4v) is 4.04. The van der Waals surface area contributed by atoms with Crippen LogP contribution in [-0.2, 0) is 0 Å². The number of hydrogen-bond donors (Lipinski definition) is 0. The number of carbonyl (C=O) groups excluding carboxylic acids is 1. The van der Waals surface area contributed by atoms with Crippen LogP contribution in [0.3, 0.4) is 0 Å². The Kier molecular flexibility index (Phi) is 3.67. The van der Waals surface area contributed by atoms with Crippen LogP contribution in [0.15, 0.2) is 18.2 Å². The lowest BCUT2D eigenvalue weighted by molar-refractivity contribution is 0.0600. The van der Waals surface area contributed by atoms with E-state index in [-0.39, 0.29) is 23.4 Å². The summed E-state index contributed by atoms with van der Waals surface area (Å²) in [4.78, 5) is 14.6. The molecular weight excluding hydrogens is 305 g/mol. The lowest BCUT2D eigenvalue weighted by Gasteiger charge is -2.37. The van der Waals surface area contributed by atoms with Crippen LogP contribution >= 0.6 is 34.8 Å². The van der Waals surface area contributed by atoms with Crippen molar-refractivity contribution in [2.45, 2.75) is 43.1 Å². The number of halogens is 3. The third kappa shape index (κ3) is 2.35. The highest BCUT2D eigenvalue weighted by Crippen LogP contribution is 2.39. The number of nitrogens with zero attached hydrogens (tertiary/aromatic N) is 1. The van der Waals surface area contributed by atoms with Gasteiger partial charge in [0, 0.05) is 17.5 Å². The van der Waals surface area contributed by atoms with E-state index in [9.17, 15) is 4.79 Å². The summed E-state index contributed by atoms with van der Waals surface area (Å²) in [7, 11) is 0. The minimum Gasteiger partial charge on any atom is -0.333 e. The SMILES string of the molecule is O=C(c1cccc(Cl)c1Cl)N1C2CCC1CC(Cl)C2. The summed E-state index contributed by atoms with van der Waals surface area (Å²) < 4.78 is 0. The first-order chi connectivity index (χ1) is 9.08. The average molecular weight is 319 g/mol. The van der Waals surface area contributed by atoms with Crippen molar-refractivity contribution in [3.05, 3.63) is 33.8 Å². The molecule has 1 aromatic rings. The van der Waals surface area contributed by atoms with Crippen LogP contribution < -0.4 is 0 Å². The molecular formula is C14H14Cl3NO. The number of benzene rings is 1.